The monoisotopic (exact) mass is 233 g/mol. The fourth-order valence-electron chi connectivity index (χ4n) is 2.82. The molecule has 94 valence electrons. The lowest BCUT2D eigenvalue weighted by atomic mass is 9.76. The molecule has 1 fully saturated rings. The summed E-state index contributed by atoms with van der Waals surface area (Å²) in [7, 11) is 0. The number of hydrogen-bond donors (Lipinski definition) is 2. The Morgan fingerprint density at radius 1 is 1.18 bits per heavy atom. The standard InChI is InChI=1S/C15H23NO/c1-13(17)12-16-15(10-6-3-7-11-15)14-8-4-2-5-9-14/h2,4-5,8-9,13,16-17H,3,6-7,10-12H2,1H3/t13-/m0/s1. The highest BCUT2D eigenvalue weighted by Gasteiger charge is 2.33. The molecule has 2 nitrogen and oxygen atoms in total. The Bertz CT molecular complexity index is 328. The maximum atomic E-state index is 9.48. The Balaban J connectivity index is 2.17. The molecule has 0 heterocycles. The molecule has 1 aliphatic rings. The van der Waals surface area contributed by atoms with Crippen LogP contribution in [0.5, 0.6) is 0 Å². The summed E-state index contributed by atoms with van der Waals surface area (Å²) in [6.45, 7) is 2.52. The molecule has 1 aliphatic carbocycles. The van der Waals surface area contributed by atoms with Crippen LogP contribution in [-0.4, -0.2) is 17.8 Å². The van der Waals surface area contributed by atoms with E-state index in [1.54, 1.807) is 0 Å². The Hall–Kier alpha value is -0.860. The van der Waals surface area contributed by atoms with Crippen molar-refractivity contribution in [2.45, 2.75) is 50.7 Å². The van der Waals surface area contributed by atoms with Gasteiger partial charge in [0.15, 0.2) is 0 Å². The van der Waals surface area contributed by atoms with Gasteiger partial charge in [-0.2, -0.15) is 0 Å². The van der Waals surface area contributed by atoms with Crippen molar-refractivity contribution in [1.29, 1.82) is 0 Å². The molecular formula is C15H23NO. The van der Waals surface area contributed by atoms with E-state index < -0.39 is 0 Å². The van der Waals surface area contributed by atoms with E-state index in [9.17, 15) is 5.11 Å². The third-order valence-corrected chi connectivity index (χ3v) is 3.77. The van der Waals surface area contributed by atoms with Crippen LogP contribution >= 0.6 is 0 Å². The second-order valence-corrected chi connectivity index (χ2v) is 5.24. The molecular weight excluding hydrogens is 210 g/mol. The minimum Gasteiger partial charge on any atom is -0.392 e. The molecule has 0 saturated heterocycles. The smallest absolute Gasteiger partial charge is 0.0636 e. The summed E-state index contributed by atoms with van der Waals surface area (Å²) in [6, 6.07) is 10.7. The minimum atomic E-state index is -0.280. The average Bonchev–Trinajstić information content (AvgIpc) is 2.39. The largest absolute Gasteiger partial charge is 0.392 e. The van der Waals surface area contributed by atoms with E-state index in [4.69, 9.17) is 0 Å². The van der Waals surface area contributed by atoms with Gasteiger partial charge in [0.1, 0.15) is 0 Å². The number of hydrogen-bond acceptors (Lipinski definition) is 2. The van der Waals surface area contributed by atoms with Crippen molar-refractivity contribution >= 4 is 0 Å². The van der Waals surface area contributed by atoms with Crippen molar-refractivity contribution in [3.05, 3.63) is 35.9 Å². The maximum Gasteiger partial charge on any atom is 0.0636 e. The predicted octanol–water partition coefficient (Wildman–Crippen LogP) is 2.82. The van der Waals surface area contributed by atoms with Gasteiger partial charge in [-0.1, -0.05) is 49.6 Å². The lowest BCUT2D eigenvalue weighted by molar-refractivity contribution is 0.152. The molecule has 1 aromatic carbocycles. The van der Waals surface area contributed by atoms with Crippen LogP contribution in [0.1, 0.15) is 44.6 Å². The molecule has 1 aromatic rings. The van der Waals surface area contributed by atoms with Gasteiger partial charge in [0, 0.05) is 12.1 Å². The van der Waals surface area contributed by atoms with Crippen molar-refractivity contribution < 1.29 is 5.11 Å². The first-order valence-corrected chi connectivity index (χ1v) is 6.72. The summed E-state index contributed by atoms with van der Waals surface area (Å²) in [5.41, 5.74) is 1.47. The van der Waals surface area contributed by atoms with Crippen LogP contribution in [0, 0.1) is 0 Å². The van der Waals surface area contributed by atoms with Gasteiger partial charge < -0.3 is 10.4 Å². The van der Waals surface area contributed by atoms with Crippen molar-refractivity contribution in [2.24, 2.45) is 0 Å². The van der Waals surface area contributed by atoms with E-state index in [0.717, 1.165) is 0 Å². The summed E-state index contributed by atoms with van der Waals surface area (Å²) in [6.07, 6.45) is 5.99. The van der Waals surface area contributed by atoms with Gasteiger partial charge in [0.05, 0.1) is 6.10 Å². The molecule has 2 heteroatoms. The van der Waals surface area contributed by atoms with Gasteiger partial charge in [-0.15, -0.1) is 0 Å². The van der Waals surface area contributed by atoms with E-state index in [-0.39, 0.29) is 11.6 Å². The van der Waals surface area contributed by atoms with Crippen molar-refractivity contribution in [3.63, 3.8) is 0 Å². The van der Waals surface area contributed by atoms with Crippen LogP contribution < -0.4 is 5.32 Å². The maximum absolute atomic E-state index is 9.48. The SMILES string of the molecule is C[C@H](O)CNC1(c2ccccc2)CCCCC1. The second kappa shape index (κ2) is 5.65. The summed E-state index contributed by atoms with van der Waals surface area (Å²) in [5.74, 6) is 0. The normalized spacial score (nSPS) is 21.1. The first kappa shape index (κ1) is 12.6. The van der Waals surface area contributed by atoms with Gasteiger partial charge >= 0.3 is 0 Å². The third-order valence-electron chi connectivity index (χ3n) is 3.77. The molecule has 2 rings (SSSR count). The molecule has 2 N–H and O–H groups in total. The number of nitrogens with one attached hydrogen (secondary N) is 1. The summed E-state index contributed by atoms with van der Waals surface area (Å²) in [5, 5.41) is 13.1. The van der Waals surface area contributed by atoms with Crippen molar-refractivity contribution in [1.82, 2.24) is 5.32 Å². The molecule has 0 unspecified atom stereocenters. The van der Waals surface area contributed by atoms with Gasteiger partial charge in [-0.05, 0) is 25.3 Å². The number of aliphatic hydroxyl groups excluding tert-OH is 1. The second-order valence-electron chi connectivity index (χ2n) is 5.24. The fourth-order valence-corrected chi connectivity index (χ4v) is 2.82. The van der Waals surface area contributed by atoms with E-state index in [1.165, 1.54) is 37.7 Å². The van der Waals surface area contributed by atoms with Crippen LogP contribution in [0.4, 0.5) is 0 Å². The molecule has 0 amide bonds. The lowest BCUT2D eigenvalue weighted by Gasteiger charge is -2.39. The Kier molecular flexibility index (Phi) is 4.19. The quantitative estimate of drug-likeness (QED) is 0.838. The summed E-state index contributed by atoms with van der Waals surface area (Å²) < 4.78 is 0. The molecule has 0 aliphatic heterocycles. The van der Waals surface area contributed by atoms with E-state index >= 15 is 0 Å². The minimum absolute atomic E-state index is 0.0938. The zero-order valence-corrected chi connectivity index (χ0v) is 10.7. The molecule has 0 radical (unpaired) electrons. The zero-order valence-electron chi connectivity index (χ0n) is 10.7. The zero-order chi connectivity index (χ0) is 12.1. The van der Waals surface area contributed by atoms with Crippen LogP contribution in [0.15, 0.2) is 30.3 Å². The van der Waals surface area contributed by atoms with E-state index in [0.29, 0.717) is 6.54 Å². The molecule has 17 heavy (non-hydrogen) atoms. The topological polar surface area (TPSA) is 32.3 Å². The van der Waals surface area contributed by atoms with E-state index in [1.807, 2.05) is 6.92 Å². The predicted molar refractivity (Wildman–Crippen MR) is 70.9 cm³/mol. The first-order valence-electron chi connectivity index (χ1n) is 6.72. The van der Waals surface area contributed by atoms with Gasteiger partial charge in [-0.25, -0.2) is 0 Å². The highest BCUT2D eigenvalue weighted by Crippen LogP contribution is 2.36. The van der Waals surface area contributed by atoms with Crippen LogP contribution in [-0.2, 0) is 5.54 Å². The molecule has 0 bridgehead atoms. The lowest BCUT2D eigenvalue weighted by Crippen LogP contribution is -2.46. The fraction of sp³-hybridized carbons (Fsp3) is 0.600. The average molecular weight is 233 g/mol. The van der Waals surface area contributed by atoms with Crippen molar-refractivity contribution in [3.8, 4) is 0 Å². The Morgan fingerprint density at radius 2 is 1.82 bits per heavy atom. The Labute approximate surface area is 104 Å². The summed E-state index contributed by atoms with van der Waals surface area (Å²) >= 11 is 0. The highest BCUT2D eigenvalue weighted by atomic mass is 16.3. The molecule has 1 saturated carbocycles. The number of aliphatic hydroxyl groups is 1. The number of rotatable bonds is 4. The van der Waals surface area contributed by atoms with E-state index in [2.05, 4.69) is 35.6 Å². The van der Waals surface area contributed by atoms with Gasteiger partial charge in [0.25, 0.3) is 0 Å². The molecule has 0 aromatic heterocycles. The molecule has 0 spiro atoms. The summed E-state index contributed by atoms with van der Waals surface area (Å²) in [4.78, 5) is 0. The van der Waals surface area contributed by atoms with Gasteiger partial charge in [-0.3, -0.25) is 0 Å². The first-order chi connectivity index (χ1) is 8.23. The van der Waals surface area contributed by atoms with Crippen LogP contribution in [0.3, 0.4) is 0 Å². The van der Waals surface area contributed by atoms with Crippen LogP contribution in [0.2, 0.25) is 0 Å². The van der Waals surface area contributed by atoms with Gasteiger partial charge in [0.2, 0.25) is 0 Å². The molecule has 1 atom stereocenters. The van der Waals surface area contributed by atoms with Crippen LogP contribution in [0.25, 0.3) is 0 Å². The third kappa shape index (κ3) is 3.08. The van der Waals surface area contributed by atoms with Crippen molar-refractivity contribution in [2.75, 3.05) is 6.54 Å². The number of benzene rings is 1. The highest BCUT2D eigenvalue weighted by molar-refractivity contribution is 5.25. The Morgan fingerprint density at radius 3 is 2.41 bits per heavy atom.